The van der Waals surface area contributed by atoms with E-state index in [2.05, 4.69) is 10.6 Å². The molecule has 0 aromatic heterocycles. The van der Waals surface area contributed by atoms with Gasteiger partial charge in [0.25, 0.3) is 0 Å². The molecule has 0 spiro atoms. The van der Waals surface area contributed by atoms with Gasteiger partial charge in [-0.3, -0.25) is 0 Å². The van der Waals surface area contributed by atoms with Crippen LogP contribution in [-0.2, 0) is 4.74 Å². The molecule has 0 aromatic rings. The number of carbonyl (C=O) groups is 1. The third-order valence-electron chi connectivity index (χ3n) is 4.98. The van der Waals surface area contributed by atoms with E-state index >= 15 is 0 Å². The first kappa shape index (κ1) is 18.3. The smallest absolute Gasteiger partial charge is 0.318 e. The Labute approximate surface area is 141 Å². The molecular formula is C19H34N2O2. The van der Waals surface area contributed by atoms with Crippen LogP contribution < -0.4 is 10.6 Å². The third kappa shape index (κ3) is 8.40. The van der Waals surface area contributed by atoms with Gasteiger partial charge >= 0.3 is 6.03 Å². The zero-order chi connectivity index (χ0) is 16.2. The van der Waals surface area contributed by atoms with Gasteiger partial charge in [0.1, 0.15) is 0 Å². The summed E-state index contributed by atoms with van der Waals surface area (Å²) < 4.78 is 5.33. The number of ether oxygens (including phenoxy) is 1. The molecule has 2 rings (SSSR count). The predicted octanol–water partition coefficient (Wildman–Crippen LogP) is 4.65. The van der Waals surface area contributed by atoms with Crippen molar-refractivity contribution in [1.82, 2.24) is 10.6 Å². The number of urea groups is 1. The standard InChI is InChI=1S/C19H34N2O2/c22-19(20-16-17-12-14-23-15-13-17)21-18-10-8-6-4-2-1-3-5-7-9-11-18/h16,18H,1-15H2,(H2,20,21,22). The molecule has 0 bridgehead atoms. The molecule has 23 heavy (non-hydrogen) atoms. The van der Waals surface area contributed by atoms with Gasteiger partial charge in [-0.2, -0.15) is 0 Å². The highest BCUT2D eigenvalue weighted by molar-refractivity contribution is 5.75. The molecule has 1 saturated carbocycles. The Bertz CT molecular complexity index is 348. The van der Waals surface area contributed by atoms with E-state index in [0.717, 1.165) is 38.9 Å². The maximum absolute atomic E-state index is 12.1. The Kier molecular flexibility index (Phi) is 9.15. The van der Waals surface area contributed by atoms with Crippen molar-refractivity contribution in [3.8, 4) is 0 Å². The normalized spacial score (nSPS) is 22.5. The monoisotopic (exact) mass is 322 g/mol. The SMILES string of the molecule is O=C(NC=C1CCOCC1)NC1CCCCCCCCCCC1. The summed E-state index contributed by atoms with van der Waals surface area (Å²) in [6, 6.07) is 0.295. The minimum absolute atomic E-state index is 0.0407. The van der Waals surface area contributed by atoms with Crippen molar-refractivity contribution < 1.29 is 9.53 Å². The van der Waals surface area contributed by atoms with Gasteiger partial charge in [0.15, 0.2) is 0 Å². The van der Waals surface area contributed by atoms with Gasteiger partial charge in [0.05, 0.1) is 13.2 Å². The van der Waals surface area contributed by atoms with Crippen LogP contribution in [0.4, 0.5) is 4.79 Å². The van der Waals surface area contributed by atoms with Gasteiger partial charge in [-0.05, 0) is 31.3 Å². The molecule has 1 heterocycles. The van der Waals surface area contributed by atoms with E-state index in [1.54, 1.807) is 0 Å². The number of nitrogens with one attached hydrogen (secondary N) is 2. The Morgan fingerprint density at radius 2 is 1.39 bits per heavy atom. The van der Waals surface area contributed by atoms with Crippen LogP contribution in [0.3, 0.4) is 0 Å². The van der Waals surface area contributed by atoms with Crippen LogP contribution in [0, 0.1) is 0 Å². The first-order valence-corrected chi connectivity index (χ1v) is 9.67. The second kappa shape index (κ2) is 11.5. The largest absolute Gasteiger partial charge is 0.381 e. The van der Waals surface area contributed by atoms with Gasteiger partial charge in [-0.15, -0.1) is 0 Å². The Morgan fingerprint density at radius 3 is 1.96 bits per heavy atom. The van der Waals surface area contributed by atoms with Crippen molar-refractivity contribution in [2.24, 2.45) is 0 Å². The third-order valence-corrected chi connectivity index (χ3v) is 4.98. The van der Waals surface area contributed by atoms with Crippen molar-refractivity contribution in [2.75, 3.05) is 13.2 Å². The highest BCUT2D eigenvalue weighted by Crippen LogP contribution is 2.17. The average Bonchev–Trinajstić information content (AvgIpc) is 2.56. The number of rotatable bonds is 2. The van der Waals surface area contributed by atoms with Crippen molar-refractivity contribution in [3.05, 3.63) is 11.8 Å². The quantitative estimate of drug-likeness (QED) is 0.777. The molecule has 0 aromatic carbocycles. The number of carbonyl (C=O) groups excluding carboxylic acids is 1. The molecule has 1 aliphatic heterocycles. The molecular weight excluding hydrogens is 288 g/mol. The van der Waals surface area contributed by atoms with Crippen molar-refractivity contribution >= 4 is 6.03 Å². The maximum atomic E-state index is 12.1. The number of amides is 2. The molecule has 4 heteroatoms. The van der Waals surface area contributed by atoms with Crippen LogP contribution in [0.1, 0.15) is 83.5 Å². The zero-order valence-corrected chi connectivity index (χ0v) is 14.6. The van der Waals surface area contributed by atoms with Gasteiger partial charge < -0.3 is 15.4 Å². The molecule has 132 valence electrons. The van der Waals surface area contributed by atoms with Crippen LogP contribution in [0.5, 0.6) is 0 Å². The lowest BCUT2D eigenvalue weighted by Gasteiger charge is -2.20. The first-order valence-electron chi connectivity index (χ1n) is 9.67. The van der Waals surface area contributed by atoms with E-state index in [0.29, 0.717) is 6.04 Å². The highest BCUT2D eigenvalue weighted by atomic mass is 16.5. The molecule has 2 aliphatic rings. The fourth-order valence-electron chi connectivity index (χ4n) is 3.48. The molecule has 0 unspecified atom stereocenters. The predicted molar refractivity (Wildman–Crippen MR) is 94.4 cm³/mol. The summed E-state index contributed by atoms with van der Waals surface area (Å²) in [4.78, 5) is 12.1. The first-order chi connectivity index (χ1) is 11.3. The van der Waals surface area contributed by atoms with Crippen LogP contribution in [0.25, 0.3) is 0 Å². The van der Waals surface area contributed by atoms with Crippen molar-refractivity contribution in [1.29, 1.82) is 0 Å². The Hall–Kier alpha value is -1.03. The molecule has 4 nitrogen and oxygen atoms in total. The van der Waals surface area contributed by atoms with E-state index in [9.17, 15) is 4.79 Å². The summed E-state index contributed by atoms with van der Waals surface area (Å²) in [7, 11) is 0. The van der Waals surface area contributed by atoms with E-state index in [1.165, 1.54) is 63.4 Å². The minimum atomic E-state index is -0.0407. The van der Waals surface area contributed by atoms with Gasteiger partial charge in [-0.1, -0.05) is 57.8 Å². The van der Waals surface area contributed by atoms with Crippen LogP contribution >= 0.6 is 0 Å². The maximum Gasteiger partial charge on any atom is 0.318 e. The summed E-state index contributed by atoms with van der Waals surface area (Å²) in [5.41, 5.74) is 1.28. The summed E-state index contributed by atoms with van der Waals surface area (Å²) >= 11 is 0. The Balaban J connectivity index is 1.71. The Morgan fingerprint density at radius 1 is 0.870 bits per heavy atom. The number of hydrogen-bond donors (Lipinski definition) is 2. The molecule has 2 N–H and O–H groups in total. The topological polar surface area (TPSA) is 50.4 Å². The fraction of sp³-hybridized carbons (Fsp3) is 0.842. The molecule has 0 atom stereocenters. The molecule has 1 aliphatic carbocycles. The summed E-state index contributed by atoms with van der Waals surface area (Å²) in [6.45, 7) is 1.55. The lowest BCUT2D eigenvalue weighted by atomic mass is 9.98. The molecule has 0 radical (unpaired) electrons. The van der Waals surface area contributed by atoms with Crippen LogP contribution in [0.15, 0.2) is 11.8 Å². The van der Waals surface area contributed by atoms with E-state index in [-0.39, 0.29) is 6.03 Å². The lowest BCUT2D eigenvalue weighted by Crippen LogP contribution is -2.40. The van der Waals surface area contributed by atoms with Gasteiger partial charge in [-0.25, -0.2) is 4.79 Å². The van der Waals surface area contributed by atoms with E-state index in [1.807, 2.05) is 6.20 Å². The van der Waals surface area contributed by atoms with Crippen LogP contribution in [0.2, 0.25) is 0 Å². The summed E-state index contributed by atoms with van der Waals surface area (Å²) in [5.74, 6) is 0. The minimum Gasteiger partial charge on any atom is -0.381 e. The fourth-order valence-corrected chi connectivity index (χ4v) is 3.48. The summed E-state index contributed by atoms with van der Waals surface area (Å²) in [6.07, 6.45) is 18.0. The summed E-state index contributed by atoms with van der Waals surface area (Å²) in [5, 5.41) is 6.10. The molecule has 2 fully saturated rings. The lowest BCUT2D eigenvalue weighted by molar-refractivity contribution is 0.119. The van der Waals surface area contributed by atoms with Crippen molar-refractivity contribution in [2.45, 2.75) is 89.5 Å². The second-order valence-electron chi connectivity index (χ2n) is 6.99. The number of hydrogen-bond acceptors (Lipinski definition) is 2. The zero-order valence-electron chi connectivity index (χ0n) is 14.6. The molecule has 2 amide bonds. The van der Waals surface area contributed by atoms with E-state index in [4.69, 9.17) is 4.74 Å². The second-order valence-corrected chi connectivity index (χ2v) is 6.99. The van der Waals surface area contributed by atoms with Crippen molar-refractivity contribution in [3.63, 3.8) is 0 Å². The average molecular weight is 322 g/mol. The van der Waals surface area contributed by atoms with Crippen LogP contribution in [-0.4, -0.2) is 25.3 Å². The van der Waals surface area contributed by atoms with Gasteiger partial charge in [0.2, 0.25) is 0 Å². The highest BCUT2D eigenvalue weighted by Gasteiger charge is 2.12. The van der Waals surface area contributed by atoms with E-state index < -0.39 is 0 Å². The molecule has 1 saturated heterocycles. The van der Waals surface area contributed by atoms with Gasteiger partial charge in [0, 0.05) is 12.2 Å².